The zero-order valence-electron chi connectivity index (χ0n) is 30.1. The Kier molecular flexibility index (Phi) is 6.65. The fourth-order valence-electron chi connectivity index (χ4n) is 9.03. The molecule has 54 heavy (non-hydrogen) atoms. The Morgan fingerprint density at radius 3 is 1.28 bits per heavy atom. The third-order valence-corrected chi connectivity index (χ3v) is 11.4. The third kappa shape index (κ3) is 4.31. The molecule has 12 aromatic rings. The smallest absolute Gasteiger partial charge is 0.0785 e. The molecule has 4 heteroatoms. The Bertz CT molecular complexity index is 3390. The number of hydrogen-bond acceptors (Lipinski definition) is 0. The molecule has 0 radical (unpaired) electrons. The van der Waals surface area contributed by atoms with Crippen LogP contribution in [0.4, 0.5) is 0 Å². The number of fused-ring (bicyclic) bond motifs is 13. The lowest BCUT2D eigenvalue weighted by molar-refractivity contribution is 1.01. The molecule has 0 saturated heterocycles. The Balaban J connectivity index is 0.000000126. The zero-order valence-corrected chi connectivity index (χ0v) is 30.1. The van der Waals surface area contributed by atoms with Crippen molar-refractivity contribution < 1.29 is 0 Å². The van der Waals surface area contributed by atoms with Gasteiger partial charge in [0.05, 0.1) is 33.1 Å². The molecule has 12 rings (SSSR count). The minimum atomic E-state index is 1.20. The quantitative estimate of drug-likeness (QED) is 0.172. The first-order valence-electron chi connectivity index (χ1n) is 18.6. The minimum absolute atomic E-state index is 1.20. The van der Waals surface area contributed by atoms with Crippen LogP contribution >= 0.6 is 0 Å². The molecule has 4 aromatic heterocycles. The summed E-state index contributed by atoms with van der Waals surface area (Å²) in [6.07, 6.45) is 0. The van der Waals surface area contributed by atoms with Crippen molar-refractivity contribution in [1.29, 1.82) is 0 Å². The number of hydrogen-bond donors (Lipinski definition) is 0. The molecule has 0 spiro atoms. The predicted octanol–water partition coefficient (Wildman–Crippen LogP) is 12.9. The van der Waals surface area contributed by atoms with Crippen molar-refractivity contribution in [2.45, 2.75) is 0 Å². The highest BCUT2D eigenvalue weighted by Gasteiger charge is 2.19. The lowest BCUT2D eigenvalue weighted by Gasteiger charge is -2.09. The van der Waals surface area contributed by atoms with Crippen molar-refractivity contribution in [1.82, 2.24) is 18.3 Å². The monoisotopic (exact) mass is 692 g/mol. The van der Waals surface area contributed by atoms with Crippen molar-refractivity contribution in [3.63, 3.8) is 0 Å². The lowest BCUT2D eigenvalue weighted by atomic mass is 10.1. The van der Waals surface area contributed by atoms with Gasteiger partial charge in [0.2, 0.25) is 0 Å². The van der Waals surface area contributed by atoms with Crippen LogP contribution in [0.3, 0.4) is 0 Å². The fraction of sp³-hybridized carbons (Fsp3) is 0.0400. The maximum Gasteiger partial charge on any atom is 0.0785 e. The van der Waals surface area contributed by atoms with Crippen molar-refractivity contribution in [3.8, 4) is 11.4 Å². The largest absolute Gasteiger partial charge is 0.344 e. The van der Waals surface area contributed by atoms with E-state index in [4.69, 9.17) is 0 Å². The normalized spacial score (nSPS) is 11.9. The predicted molar refractivity (Wildman–Crippen MR) is 230 cm³/mol. The molecule has 0 aliphatic rings. The zero-order chi connectivity index (χ0) is 35.9. The van der Waals surface area contributed by atoms with Crippen molar-refractivity contribution in [2.24, 2.45) is 14.1 Å². The number of benzene rings is 8. The van der Waals surface area contributed by atoms with E-state index in [0.29, 0.717) is 0 Å². The van der Waals surface area contributed by atoms with Crippen LogP contribution in [0.1, 0.15) is 0 Å². The van der Waals surface area contributed by atoms with Crippen LogP contribution in [-0.4, -0.2) is 18.3 Å². The van der Waals surface area contributed by atoms with Gasteiger partial charge in [0, 0.05) is 79.6 Å². The number of para-hydroxylation sites is 6. The van der Waals surface area contributed by atoms with Crippen LogP contribution in [0.2, 0.25) is 0 Å². The van der Waals surface area contributed by atoms with E-state index in [2.05, 4.69) is 214 Å². The summed E-state index contributed by atoms with van der Waals surface area (Å²) in [5.74, 6) is 0. The highest BCUT2D eigenvalue weighted by molar-refractivity contribution is 6.23. The van der Waals surface area contributed by atoms with Gasteiger partial charge in [0.25, 0.3) is 0 Å². The van der Waals surface area contributed by atoms with E-state index in [0.717, 1.165) is 0 Å². The summed E-state index contributed by atoms with van der Waals surface area (Å²) in [5, 5.41) is 10.4. The van der Waals surface area contributed by atoms with Gasteiger partial charge >= 0.3 is 0 Å². The molecule has 4 nitrogen and oxygen atoms in total. The van der Waals surface area contributed by atoms with Gasteiger partial charge < -0.3 is 18.3 Å². The summed E-state index contributed by atoms with van der Waals surface area (Å²) in [4.78, 5) is 0. The Hall–Kier alpha value is -7.04. The van der Waals surface area contributed by atoms with Gasteiger partial charge in [-0.05, 0) is 60.7 Å². The highest BCUT2D eigenvalue weighted by Crippen LogP contribution is 2.40. The van der Waals surface area contributed by atoms with E-state index in [9.17, 15) is 0 Å². The summed E-state index contributed by atoms with van der Waals surface area (Å²) in [7, 11) is 4.34. The number of aromatic nitrogens is 4. The molecular weight excluding hydrogens is 657 g/mol. The fourth-order valence-corrected chi connectivity index (χ4v) is 9.03. The second kappa shape index (κ2) is 11.7. The van der Waals surface area contributed by atoms with Gasteiger partial charge in [0.1, 0.15) is 0 Å². The molecule has 0 unspecified atom stereocenters. The molecular formula is C50H36N4. The van der Waals surface area contributed by atoms with Crippen LogP contribution in [0.15, 0.2) is 182 Å². The first-order chi connectivity index (χ1) is 26.7. The maximum absolute atomic E-state index is 2.41. The maximum atomic E-state index is 2.41. The van der Waals surface area contributed by atoms with Gasteiger partial charge in [-0.2, -0.15) is 0 Å². The molecule has 0 aliphatic heterocycles. The molecule has 256 valence electrons. The van der Waals surface area contributed by atoms with Crippen LogP contribution < -0.4 is 0 Å². The molecule has 0 bridgehead atoms. The first kappa shape index (κ1) is 30.6. The van der Waals surface area contributed by atoms with E-state index in [-0.39, 0.29) is 0 Å². The second-order valence-corrected chi connectivity index (χ2v) is 14.3. The van der Waals surface area contributed by atoms with Gasteiger partial charge in [-0.1, -0.05) is 121 Å². The summed E-state index contributed by atoms with van der Waals surface area (Å²) < 4.78 is 9.43. The van der Waals surface area contributed by atoms with Crippen molar-refractivity contribution >= 4 is 87.2 Å². The number of aryl methyl sites for hydroxylation is 2. The average molecular weight is 693 g/mol. The summed E-state index contributed by atoms with van der Waals surface area (Å²) in [6.45, 7) is 0. The number of rotatable bonds is 2. The summed E-state index contributed by atoms with van der Waals surface area (Å²) in [6, 6.07) is 65.3. The van der Waals surface area contributed by atoms with E-state index in [1.54, 1.807) is 0 Å². The molecule has 0 aliphatic carbocycles. The molecule has 0 atom stereocenters. The highest BCUT2D eigenvalue weighted by atomic mass is 15.0. The Labute approximate surface area is 311 Å². The van der Waals surface area contributed by atoms with Crippen LogP contribution in [-0.2, 0) is 14.1 Å². The van der Waals surface area contributed by atoms with E-state index in [1.165, 1.54) is 98.6 Å². The van der Waals surface area contributed by atoms with Crippen LogP contribution in [0, 0.1) is 0 Å². The standard InChI is InChI=1S/2C25H18N2/c1-26-22-13-7-5-11-18(22)20-15-21-19-12-6-8-14-23(19)27(25(21)16-24(20)26)17-9-3-2-4-10-17;1-26-22-13-7-5-11-18(22)20-15-16-21-19-12-6-8-14-23(19)27(25(21)24(20)26)17-9-3-2-4-10-17/h2*2-16H,1H3. The average Bonchev–Trinajstić information content (AvgIpc) is 3.93. The lowest BCUT2D eigenvalue weighted by Crippen LogP contribution is -1.96. The molecule has 4 heterocycles. The van der Waals surface area contributed by atoms with Crippen LogP contribution in [0.25, 0.3) is 98.6 Å². The minimum Gasteiger partial charge on any atom is -0.344 e. The van der Waals surface area contributed by atoms with Gasteiger partial charge in [-0.25, -0.2) is 0 Å². The van der Waals surface area contributed by atoms with Crippen molar-refractivity contribution in [3.05, 3.63) is 182 Å². The number of nitrogens with zero attached hydrogens (tertiary/aromatic N) is 4. The molecule has 8 aromatic carbocycles. The third-order valence-electron chi connectivity index (χ3n) is 11.4. The molecule has 0 amide bonds. The summed E-state index contributed by atoms with van der Waals surface area (Å²) in [5.41, 5.74) is 12.5. The summed E-state index contributed by atoms with van der Waals surface area (Å²) >= 11 is 0. The van der Waals surface area contributed by atoms with Gasteiger partial charge in [-0.3, -0.25) is 0 Å². The van der Waals surface area contributed by atoms with Gasteiger partial charge in [-0.15, -0.1) is 0 Å². The second-order valence-electron chi connectivity index (χ2n) is 14.3. The molecule has 0 saturated carbocycles. The molecule has 0 N–H and O–H groups in total. The Morgan fingerprint density at radius 2 is 0.667 bits per heavy atom. The molecule has 0 fully saturated rings. The van der Waals surface area contributed by atoms with E-state index >= 15 is 0 Å². The van der Waals surface area contributed by atoms with Crippen LogP contribution in [0.5, 0.6) is 0 Å². The SMILES string of the molecule is Cn1c2ccccc2c2cc3c4ccccc4n(-c4ccccc4)c3cc21.Cn1c2ccccc2c2ccc3c4ccccc4n(-c4ccccc4)c3c21. The van der Waals surface area contributed by atoms with Gasteiger partial charge in [0.15, 0.2) is 0 Å². The Morgan fingerprint density at radius 1 is 0.259 bits per heavy atom. The van der Waals surface area contributed by atoms with Crippen molar-refractivity contribution in [2.75, 3.05) is 0 Å². The van der Waals surface area contributed by atoms with E-state index in [1.807, 2.05) is 0 Å². The first-order valence-corrected chi connectivity index (χ1v) is 18.6. The topological polar surface area (TPSA) is 19.7 Å². The van der Waals surface area contributed by atoms with E-state index < -0.39 is 0 Å².